The van der Waals surface area contributed by atoms with Crippen LogP contribution in [0.5, 0.6) is 5.75 Å². The van der Waals surface area contributed by atoms with Gasteiger partial charge >= 0.3 is 0 Å². The van der Waals surface area contributed by atoms with Crippen LogP contribution in [0.25, 0.3) is 0 Å². The fourth-order valence-electron chi connectivity index (χ4n) is 3.41. The number of rotatable bonds is 10. The molecule has 182 valence electrons. The lowest BCUT2D eigenvalue weighted by Gasteiger charge is -2.17. The van der Waals surface area contributed by atoms with Crippen LogP contribution in [0.3, 0.4) is 0 Å². The van der Waals surface area contributed by atoms with Crippen LogP contribution in [-0.4, -0.2) is 65.9 Å². The number of ether oxygens (including phenoxy) is 2. The molecule has 0 aliphatic carbocycles. The molecule has 0 spiro atoms. The average Bonchev–Trinajstić information content (AvgIpc) is 3.48. The van der Waals surface area contributed by atoms with Crippen molar-refractivity contribution in [3.05, 3.63) is 42.2 Å². The molecule has 12 heteroatoms. The van der Waals surface area contributed by atoms with Gasteiger partial charge in [0.1, 0.15) is 5.84 Å². The Hall–Kier alpha value is -3.38. The van der Waals surface area contributed by atoms with Crippen LogP contribution in [0, 0.1) is 5.82 Å². The molecule has 34 heavy (non-hydrogen) atoms. The third-order valence-corrected chi connectivity index (χ3v) is 5.82. The zero-order valence-electron chi connectivity index (χ0n) is 19.3. The molecule has 10 nitrogen and oxygen atoms in total. The molecule has 1 unspecified atom stereocenters. The van der Waals surface area contributed by atoms with Crippen molar-refractivity contribution in [3.63, 3.8) is 0 Å². The van der Waals surface area contributed by atoms with Gasteiger partial charge in [-0.2, -0.15) is 5.10 Å². The first kappa shape index (κ1) is 25.2. The largest absolute Gasteiger partial charge is 0.494 e. The first-order valence-corrected chi connectivity index (χ1v) is 11.6. The van der Waals surface area contributed by atoms with E-state index in [1.807, 2.05) is 6.92 Å². The molecule has 1 aliphatic heterocycles. The lowest BCUT2D eigenvalue weighted by molar-refractivity contribution is -0.127. The minimum atomic E-state index is -0.950. The van der Waals surface area contributed by atoms with Crippen LogP contribution in [0.2, 0.25) is 0 Å². The van der Waals surface area contributed by atoms with Crippen molar-refractivity contribution in [1.82, 2.24) is 15.1 Å². The van der Waals surface area contributed by atoms with E-state index in [1.165, 1.54) is 42.9 Å². The van der Waals surface area contributed by atoms with Gasteiger partial charge in [-0.3, -0.25) is 10.1 Å². The third kappa shape index (κ3) is 6.58. The highest BCUT2D eigenvalue weighted by atomic mass is 32.1. The number of halogens is 1. The second kappa shape index (κ2) is 12.2. The predicted molar refractivity (Wildman–Crippen MR) is 131 cm³/mol. The number of anilines is 2. The van der Waals surface area contributed by atoms with E-state index in [0.29, 0.717) is 22.4 Å². The normalized spacial score (nSPS) is 17.1. The molecule has 1 saturated heterocycles. The number of nitrogens with one attached hydrogen (secondary N) is 2. The van der Waals surface area contributed by atoms with E-state index in [9.17, 15) is 9.18 Å². The van der Waals surface area contributed by atoms with Crippen LogP contribution >= 0.6 is 11.3 Å². The number of amidine groups is 1. The zero-order valence-corrected chi connectivity index (χ0v) is 20.1. The third-order valence-electron chi connectivity index (χ3n) is 5.05. The van der Waals surface area contributed by atoms with Crippen molar-refractivity contribution in [2.45, 2.75) is 32.4 Å². The van der Waals surface area contributed by atoms with Crippen LogP contribution in [0.15, 0.2) is 41.1 Å². The number of likely N-dealkylation sites (tertiary alicyclic amines) is 1. The number of hydrogen-bond donors (Lipinski definition) is 2. The van der Waals surface area contributed by atoms with Gasteiger partial charge in [0, 0.05) is 32.0 Å². The van der Waals surface area contributed by atoms with Gasteiger partial charge in [0.05, 0.1) is 7.11 Å². The lowest BCUT2D eigenvalue weighted by Crippen LogP contribution is -2.29. The molecule has 0 radical (unpaired) electrons. The van der Waals surface area contributed by atoms with Gasteiger partial charge in [0.25, 0.3) is 5.91 Å². The van der Waals surface area contributed by atoms with Crippen LogP contribution in [0.4, 0.5) is 14.7 Å². The van der Waals surface area contributed by atoms with Crippen LogP contribution in [-0.2, 0) is 9.53 Å². The number of amides is 1. The summed E-state index contributed by atoms with van der Waals surface area (Å²) in [6.07, 6.45) is 3.06. The first-order chi connectivity index (χ1) is 16.4. The second-order valence-corrected chi connectivity index (χ2v) is 8.33. The minimum Gasteiger partial charge on any atom is -0.494 e. The standard InChI is InChI=1S/C22H28FN7O3S/c1-5-10-24-27-14(3)30-11-9-16(13-30)25-21-28-29-22(34-21)26-20(31)19(33-6-2)15-7-8-17(23)18(12-15)32-4/h5,7-8,10,12,16,19H,1,6,9,11,13H2,2-4H3,(H,25,28)(H,26,29,31)/b24-10-,27-14+/t16?,19-/m1/s1. The summed E-state index contributed by atoms with van der Waals surface area (Å²) in [6, 6.07) is 4.34. The lowest BCUT2D eigenvalue weighted by atomic mass is 10.1. The molecule has 2 heterocycles. The molecule has 2 atom stereocenters. The summed E-state index contributed by atoms with van der Waals surface area (Å²) >= 11 is 1.23. The Morgan fingerprint density at radius 3 is 2.97 bits per heavy atom. The second-order valence-electron chi connectivity index (χ2n) is 7.35. The molecule has 1 aromatic carbocycles. The number of carbonyl (C=O) groups excluding carboxylic acids is 1. The zero-order chi connectivity index (χ0) is 24.5. The van der Waals surface area contributed by atoms with Crippen molar-refractivity contribution >= 4 is 39.6 Å². The van der Waals surface area contributed by atoms with E-state index >= 15 is 0 Å². The highest BCUT2D eigenvalue weighted by Gasteiger charge is 2.26. The van der Waals surface area contributed by atoms with E-state index < -0.39 is 17.8 Å². The summed E-state index contributed by atoms with van der Waals surface area (Å²) < 4.78 is 24.4. The summed E-state index contributed by atoms with van der Waals surface area (Å²) in [6.45, 7) is 9.14. The fourth-order valence-corrected chi connectivity index (χ4v) is 4.13. The summed E-state index contributed by atoms with van der Waals surface area (Å²) in [7, 11) is 1.36. The quantitative estimate of drug-likeness (QED) is 0.298. The average molecular weight is 490 g/mol. The molecule has 0 saturated carbocycles. The first-order valence-electron chi connectivity index (χ1n) is 10.7. The van der Waals surface area contributed by atoms with E-state index in [2.05, 4.69) is 42.5 Å². The number of hydrogen-bond acceptors (Lipinski definition) is 9. The maximum atomic E-state index is 13.8. The van der Waals surface area contributed by atoms with Crippen molar-refractivity contribution < 1.29 is 18.7 Å². The molecular formula is C22H28FN7O3S. The number of methoxy groups -OCH3 is 1. The smallest absolute Gasteiger partial charge is 0.259 e. The number of aromatic nitrogens is 2. The monoisotopic (exact) mass is 489 g/mol. The molecule has 1 amide bonds. The summed E-state index contributed by atoms with van der Waals surface area (Å²) in [5.74, 6) is -0.0850. The van der Waals surface area contributed by atoms with Crippen molar-refractivity contribution in [1.29, 1.82) is 0 Å². The van der Waals surface area contributed by atoms with Crippen molar-refractivity contribution in [2.75, 3.05) is 37.4 Å². The van der Waals surface area contributed by atoms with Crippen molar-refractivity contribution in [2.24, 2.45) is 10.2 Å². The Bertz CT molecular complexity index is 1060. The Balaban J connectivity index is 1.60. The molecular weight excluding hydrogens is 461 g/mol. The minimum absolute atomic E-state index is 0.0378. The predicted octanol–water partition coefficient (Wildman–Crippen LogP) is 3.48. The van der Waals surface area contributed by atoms with E-state index in [1.54, 1.807) is 13.0 Å². The number of allylic oxidation sites excluding steroid dienone is 1. The van der Waals surface area contributed by atoms with Crippen LogP contribution < -0.4 is 15.4 Å². The molecule has 3 rings (SSSR count). The Morgan fingerprint density at radius 2 is 2.24 bits per heavy atom. The Morgan fingerprint density at radius 1 is 1.44 bits per heavy atom. The van der Waals surface area contributed by atoms with Gasteiger partial charge in [-0.05, 0) is 44.0 Å². The summed E-state index contributed by atoms with van der Waals surface area (Å²) in [4.78, 5) is 15.0. The van der Waals surface area contributed by atoms with Gasteiger partial charge in [-0.25, -0.2) is 4.39 Å². The number of nitrogens with zero attached hydrogens (tertiary/aromatic N) is 5. The van der Waals surface area contributed by atoms with Gasteiger partial charge < -0.3 is 19.7 Å². The van der Waals surface area contributed by atoms with E-state index in [4.69, 9.17) is 9.47 Å². The van der Waals surface area contributed by atoms with Crippen molar-refractivity contribution in [3.8, 4) is 5.75 Å². The Kier molecular flexibility index (Phi) is 9.05. The topological polar surface area (TPSA) is 113 Å². The molecule has 0 bridgehead atoms. The number of benzene rings is 1. The SMILES string of the molecule is C=C/C=N\N=C(/C)N1CCC(Nc2nnc(NC(=O)[C@H](OCC)c3ccc(F)c(OC)c3)s2)C1. The summed E-state index contributed by atoms with van der Waals surface area (Å²) in [5, 5.41) is 23.3. The van der Waals surface area contributed by atoms with Gasteiger partial charge in [0.2, 0.25) is 10.3 Å². The fraction of sp³-hybridized carbons (Fsp3) is 0.409. The summed E-state index contributed by atoms with van der Waals surface area (Å²) in [5.41, 5.74) is 0.473. The maximum absolute atomic E-state index is 13.8. The van der Waals surface area contributed by atoms with Gasteiger partial charge in [-0.1, -0.05) is 24.0 Å². The molecule has 2 N–H and O–H groups in total. The highest BCUT2D eigenvalue weighted by molar-refractivity contribution is 7.19. The van der Waals surface area contributed by atoms with Gasteiger partial charge in [0.15, 0.2) is 17.7 Å². The highest BCUT2D eigenvalue weighted by Crippen LogP contribution is 2.28. The molecule has 2 aromatic rings. The van der Waals surface area contributed by atoms with E-state index in [0.717, 1.165) is 25.3 Å². The number of carbonyl (C=O) groups is 1. The maximum Gasteiger partial charge on any atom is 0.259 e. The van der Waals surface area contributed by atoms with Crippen LogP contribution in [0.1, 0.15) is 31.9 Å². The molecule has 1 aromatic heterocycles. The Labute approximate surface area is 201 Å². The molecule has 1 fully saturated rings. The molecule has 1 aliphatic rings. The van der Waals surface area contributed by atoms with E-state index in [-0.39, 0.29) is 11.8 Å². The van der Waals surface area contributed by atoms with Gasteiger partial charge in [-0.15, -0.1) is 15.3 Å².